The highest BCUT2D eigenvalue weighted by Gasteiger charge is 2.17. The number of nitrogens with one attached hydrogen (secondary N) is 2. The Labute approximate surface area is 137 Å². The molecule has 0 saturated carbocycles. The molecular formula is C14H16Cl2N4O2. The maximum absolute atomic E-state index is 11.6. The van der Waals surface area contributed by atoms with Crippen molar-refractivity contribution in [2.45, 2.75) is 12.8 Å². The third-order valence-corrected chi connectivity index (χ3v) is 3.79. The molecule has 2 rings (SSSR count). The van der Waals surface area contributed by atoms with E-state index in [4.69, 9.17) is 28.9 Å². The zero-order valence-electron chi connectivity index (χ0n) is 12.1. The van der Waals surface area contributed by atoms with Gasteiger partial charge in [0.25, 0.3) is 0 Å². The Morgan fingerprint density at radius 3 is 2.55 bits per heavy atom. The molecule has 1 aromatic heterocycles. The number of aromatic amines is 1. The number of carbonyl (C=O) groups excluding carboxylic acids is 1. The first-order valence-corrected chi connectivity index (χ1v) is 7.30. The fourth-order valence-corrected chi connectivity index (χ4v) is 2.60. The van der Waals surface area contributed by atoms with E-state index in [-0.39, 0.29) is 21.5 Å². The van der Waals surface area contributed by atoms with Crippen LogP contribution in [0.25, 0.3) is 0 Å². The molecular weight excluding hydrogens is 327 g/mol. The summed E-state index contributed by atoms with van der Waals surface area (Å²) in [6.07, 6.45) is 0. The molecule has 0 saturated heterocycles. The van der Waals surface area contributed by atoms with E-state index in [1.165, 1.54) is 7.11 Å². The smallest absolute Gasteiger partial charge is 0.340 e. The van der Waals surface area contributed by atoms with Crippen LogP contribution in [0.2, 0.25) is 10.0 Å². The van der Waals surface area contributed by atoms with Crippen molar-refractivity contribution in [2.75, 3.05) is 24.7 Å². The third kappa shape index (κ3) is 3.64. The van der Waals surface area contributed by atoms with Crippen LogP contribution in [0.1, 0.15) is 28.9 Å². The second-order valence-electron chi connectivity index (χ2n) is 4.84. The van der Waals surface area contributed by atoms with Crippen LogP contribution in [-0.2, 0) is 4.74 Å². The second-order valence-corrected chi connectivity index (χ2v) is 5.65. The van der Waals surface area contributed by atoms with Crippen molar-refractivity contribution in [1.29, 1.82) is 0 Å². The summed E-state index contributed by atoms with van der Waals surface area (Å²) in [5, 5.41) is 10.4. The highest BCUT2D eigenvalue weighted by Crippen LogP contribution is 2.30. The fourth-order valence-electron chi connectivity index (χ4n) is 1.96. The average Bonchev–Trinajstić information content (AvgIpc) is 2.90. The SMILES string of the molecule is COC(=O)c1c(Cl)cc(NCC(C)c2cc(N)n[nH]2)cc1Cl. The molecule has 0 bridgehead atoms. The number of aromatic nitrogens is 2. The maximum Gasteiger partial charge on any atom is 0.340 e. The van der Waals surface area contributed by atoms with E-state index in [1.807, 2.05) is 6.92 Å². The predicted molar refractivity (Wildman–Crippen MR) is 87.7 cm³/mol. The zero-order chi connectivity index (χ0) is 16.3. The summed E-state index contributed by atoms with van der Waals surface area (Å²) in [6, 6.07) is 5.05. The summed E-state index contributed by atoms with van der Waals surface area (Å²) in [6.45, 7) is 2.64. The van der Waals surface area contributed by atoms with Gasteiger partial charge in [0.1, 0.15) is 5.82 Å². The minimum atomic E-state index is -0.567. The van der Waals surface area contributed by atoms with Gasteiger partial charge in [0.05, 0.1) is 22.7 Å². The number of nitrogens with two attached hydrogens (primary N) is 1. The van der Waals surface area contributed by atoms with Gasteiger partial charge in [0.15, 0.2) is 0 Å². The van der Waals surface area contributed by atoms with Crippen molar-refractivity contribution in [3.05, 3.63) is 39.5 Å². The third-order valence-electron chi connectivity index (χ3n) is 3.19. The van der Waals surface area contributed by atoms with Gasteiger partial charge in [-0.05, 0) is 12.1 Å². The first kappa shape index (κ1) is 16.5. The molecule has 1 heterocycles. The van der Waals surface area contributed by atoms with Gasteiger partial charge in [0.2, 0.25) is 0 Å². The standard InChI is InChI=1S/C14H16Cl2N4O2/c1-7(11-5-12(17)20-19-11)6-18-8-3-9(15)13(10(16)4-8)14(21)22-2/h3-5,7,18H,6H2,1-2H3,(H3,17,19,20). The number of hydrogen-bond acceptors (Lipinski definition) is 5. The van der Waals surface area contributed by atoms with E-state index in [0.717, 1.165) is 5.69 Å². The van der Waals surface area contributed by atoms with E-state index in [1.54, 1.807) is 18.2 Å². The van der Waals surface area contributed by atoms with Crippen LogP contribution in [0.5, 0.6) is 0 Å². The molecule has 118 valence electrons. The van der Waals surface area contributed by atoms with Crippen molar-refractivity contribution < 1.29 is 9.53 Å². The molecule has 22 heavy (non-hydrogen) atoms. The van der Waals surface area contributed by atoms with Crippen molar-refractivity contribution >= 4 is 40.7 Å². The number of hydrogen-bond donors (Lipinski definition) is 3. The Morgan fingerprint density at radius 1 is 1.41 bits per heavy atom. The van der Waals surface area contributed by atoms with Gasteiger partial charge in [-0.1, -0.05) is 30.1 Å². The Bertz CT molecular complexity index is 664. The molecule has 0 radical (unpaired) electrons. The second kappa shape index (κ2) is 6.89. The lowest BCUT2D eigenvalue weighted by Gasteiger charge is -2.14. The molecule has 0 aliphatic heterocycles. The zero-order valence-corrected chi connectivity index (χ0v) is 13.6. The van der Waals surface area contributed by atoms with Gasteiger partial charge < -0.3 is 15.8 Å². The van der Waals surface area contributed by atoms with E-state index in [2.05, 4.69) is 20.3 Å². The molecule has 4 N–H and O–H groups in total. The number of esters is 1. The number of methoxy groups -OCH3 is 1. The molecule has 1 aromatic carbocycles. The van der Waals surface area contributed by atoms with E-state index in [0.29, 0.717) is 18.1 Å². The molecule has 2 aromatic rings. The number of benzene rings is 1. The molecule has 0 fully saturated rings. The molecule has 1 unspecified atom stereocenters. The van der Waals surface area contributed by atoms with Crippen molar-refractivity contribution in [2.24, 2.45) is 0 Å². The van der Waals surface area contributed by atoms with Crippen LogP contribution < -0.4 is 11.1 Å². The van der Waals surface area contributed by atoms with Gasteiger partial charge in [-0.15, -0.1) is 0 Å². The summed E-state index contributed by atoms with van der Waals surface area (Å²) in [5.41, 5.74) is 7.37. The number of H-pyrrole nitrogens is 1. The maximum atomic E-state index is 11.6. The van der Waals surface area contributed by atoms with E-state index in [9.17, 15) is 4.79 Å². The quantitative estimate of drug-likeness (QED) is 0.725. The van der Waals surface area contributed by atoms with Crippen molar-refractivity contribution in [3.8, 4) is 0 Å². The molecule has 1 atom stereocenters. The van der Waals surface area contributed by atoms with Crippen molar-refractivity contribution in [3.63, 3.8) is 0 Å². The molecule has 0 aliphatic carbocycles. The van der Waals surface area contributed by atoms with Gasteiger partial charge in [-0.3, -0.25) is 5.10 Å². The van der Waals surface area contributed by atoms with Crippen LogP contribution in [-0.4, -0.2) is 29.8 Å². The van der Waals surface area contributed by atoms with Crippen LogP contribution in [0.15, 0.2) is 18.2 Å². The average molecular weight is 343 g/mol. The van der Waals surface area contributed by atoms with Gasteiger partial charge >= 0.3 is 5.97 Å². The fraction of sp³-hybridized carbons (Fsp3) is 0.286. The van der Waals surface area contributed by atoms with Crippen LogP contribution in [0.4, 0.5) is 11.5 Å². The van der Waals surface area contributed by atoms with E-state index < -0.39 is 5.97 Å². The highest BCUT2D eigenvalue weighted by molar-refractivity contribution is 6.39. The molecule has 6 nitrogen and oxygen atoms in total. The van der Waals surface area contributed by atoms with Crippen LogP contribution in [0.3, 0.4) is 0 Å². The number of carbonyl (C=O) groups is 1. The lowest BCUT2D eigenvalue weighted by molar-refractivity contribution is 0.0601. The highest BCUT2D eigenvalue weighted by atomic mass is 35.5. The normalized spacial score (nSPS) is 12.0. The largest absolute Gasteiger partial charge is 0.465 e. The first-order valence-electron chi connectivity index (χ1n) is 6.54. The lowest BCUT2D eigenvalue weighted by Crippen LogP contribution is -2.11. The molecule has 8 heteroatoms. The Balaban J connectivity index is 2.09. The number of anilines is 2. The monoisotopic (exact) mass is 342 g/mol. The van der Waals surface area contributed by atoms with Crippen molar-refractivity contribution in [1.82, 2.24) is 10.2 Å². The molecule has 0 spiro atoms. The van der Waals surface area contributed by atoms with Gasteiger partial charge in [0, 0.05) is 29.9 Å². The first-order chi connectivity index (χ1) is 10.4. The number of halogens is 2. The number of rotatable bonds is 5. The minimum absolute atomic E-state index is 0.155. The minimum Gasteiger partial charge on any atom is -0.465 e. The molecule has 0 amide bonds. The lowest BCUT2D eigenvalue weighted by atomic mass is 10.1. The summed E-state index contributed by atoms with van der Waals surface area (Å²) in [7, 11) is 1.28. The summed E-state index contributed by atoms with van der Waals surface area (Å²) >= 11 is 12.2. The Morgan fingerprint density at radius 2 is 2.05 bits per heavy atom. The van der Waals surface area contributed by atoms with Gasteiger partial charge in [-0.25, -0.2) is 4.79 Å². The number of ether oxygens (including phenoxy) is 1. The van der Waals surface area contributed by atoms with Crippen LogP contribution >= 0.6 is 23.2 Å². The molecule has 0 aliphatic rings. The summed E-state index contributed by atoms with van der Waals surface area (Å²) < 4.78 is 4.64. The Kier molecular flexibility index (Phi) is 5.15. The van der Waals surface area contributed by atoms with Crippen LogP contribution in [0, 0.1) is 0 Å². The number of nitrogens with zero attached hydrogens (tertiary/aromatic N) is 1. The topological polar surface area (TPSA) is 93.0 Å². The van der Waals surface area contributed by atoms with E-state index >= 15 is 0 Å². The summed E-state index contributed by atoms with van der Waals surface area (Å²) in [5.74, 6) is 0.0425. The Hall–Kier alpha value is -1.92. The summed E-state index contributed by atoms with van der Waals surface area (Å²) in [4.78, 5) is 11.6. The van der Waals surface area contributed by atoms with Gasteiger partial charge in [-0.2, -0.15) is 5.10 Å². The number of nitrogen functional groups attached to an aromatic ring is 1. The predicted octanol–water partition coefficient (Wildman–Crippen LogP) is 3.30.